The van der Waals surface area contributed by atoms with Crippen LogP contribution >= 0.6 is 7.82 Å². The van der Waals surface area contributed by atoms with E-state index in [0.29, 0.717) is 17.4 Å². The van der Waals surface area contributed by atoms with Gasteiger partial charge in [-0.2, -0.15) is 0 Å². The lowest BCUT2D eigenvalue weighted by Gasteiger charge is -2.27. The van der Waals surface area contributed by atoms with E-state index in [4.69, 9.17) is 13.8 Å². The minimum Gasteiger partial charge on any atom is -0.456 e. The van der Waals surface area contributed by atoms with Crippen molar-refractivity contribution in [3.8, 4) is 0 Å². The summed E-state index contributed by atoms with van der Waals surface area (Å²) in [6.45, 7) is 6.74. The van der Waals surface area contributed by atoms with Gasteiger partial charge in [-0.15, -0.1) is 0 Å². The molecule has 0 aromatic carbocycles. The molecular weight excluding hydrogens is 1070 g/mol. The molecule has 0 bridgehead atoms. The molecule has 0 spiro atoms. The zero-order valence-electron chi connectivity index (χ0n) is 55.3. The summed E-state index contributed by atoms with van der Waals surface area (Å²) >= 11 is 0. The van der Waals surface area contributed by atoms with Gasteiger partial charge in [0.15, 0.2) is 0 Å². The van der Waals surface area contributed by atoms with Crippen LogP contribution in [-0.2, 0) is 27.9 Å². The van der Waals surface area contributed by atoms with Crippen molar-refractivity contribution in [2.45, 2.75) is 277 Å². The predicted molar refractivity (Wildman–Crippen MR) is 369 cm³/mol. The van der Waals surface area contributed by atoms with E-state index in [1.807, 2.05) is 33.3 Å². The minimum absolute atomic E-state index is 0.0226. The SMILES string of the molecule is CC/C=C\C/C=C\C/C=C\C/C=C\C/C=C\C/C=C\CCCCC(=O)NC(COP(=O)(O)OCC[N+](C)(C)C)C(/C=C/CCCCCCCCCCCCC)OC(=O)CCCCCCCCCCC/C=C\C/C=C\C/C=C\C/C=C\C/C=C\CC. The highest BCUT2D eigenvalue weighted by atomic mass is 31.2. The van der Waals surface area contributed by atoms with Gasteiger partial charge in [-0.3, -0.25) is 18.6 Å². The summed E-state index contributed by atoms with van der Waals surface area (Å²) in [5, 5.41) is 3.04. The number of amides is 1. The summed E-state index contributed by atoms with van der Waals surface area (Å²) in [6, 6.07) is -0.886. The van der Waals surface area contributed by atoms with Crippen molar-refractivity contribution >= 4 is 19.7 Å². The van der Waals surface area contributed by atoms with Gasteiger partial charge in [0.05, 0.1) is 33.8 Å². The monoisotopic (exact) mass is 1200 g/mol. The predicted octanol–water partition coefficient (Wildman–Crippen LogP) is 21.8. The molecule has 484 valence electrons. The van der Waals surface area contributed by atoms with Crippen LogP contribution in [0.2, 0.25) is 0 Å². The number of carbonyl (C=O) groups excluding carboxylic acids is 2. The Morgan fingerprint density at radius 1 is 0.424 bits per heavy atom. The summed E-state index contributed by atoms with van der Waals surface area (Å²) in [5.74, 6) is -0.570. The molecule has 3 unspecified atom stereocenters. The normalized spacial score (nSPS) is 14.5. The number of hydrogen-bond donors (Lipinski definition) is 2. The molecule has 0 aromatic heterocycles. The first-order chi connectivity index (χ1) is 41.4. The molecule has 0 saturated carbocycles. The van der Waals surface area contributed by atoms with Crippen molar-refractivity contribution in [2.75, 3.05) is 40.9 Å². The maximum atomic E-state index is 13.6. The summed E-state index contributed by atoms with van der Waals surface area (Å²) < 4.78 is 30.8. The third kappa shape index (κ3) is 64.2. The lowest BCUT2D eigenvalue weighted by Crippen LogP contribution is -2.47. The van der Waals surface area contributed by atoms with Crippen molar-refractivity contribution in [1.82, 2.24) is 5.32 Å². The average molecular weight is 1200 g/mol. The summed E-state index contributed by atoms with van der Waals surface area (Å²) in [7, 11) is 1.44. The van der Waals surface area contributed by atoms with Crippen LogP contribution in [0.1, 0.15) is 265 Å². The van der Waals surface area contributed by atoms with Gasteiger partial charge in [0.2, 0.25) is 5.91 Å². The van der Waals surface area contributed by atoms with Crippen molar-refractivity contribution in [1.29, 1.82) is 0 Å². The first-order valence-corrected chi connectivity index (χ1v) is 35.7. The van der Waals surface area contributed by atoms with Gasteiger partial charge in [0, 0.05) is 12.8 Å². The molecule has 1 amide bonds. The van der Waals surface area contributed by atoms with Crippen molar-refractivity contribution in [3.05, 3.63) is 146 Å². The molecule has 0 aliphatic carbocycles. The number of hydrogen-bond acceptors (Lipinski definition) is 6. The Kier molecular flexibility index (Phi) is 59.9. The van der Waals surface area contributed by atoms with E-state index in [0.717, 1.165) is 135 Å². The molecule has 85 heavy (non-hydrogen) atoms. The molecule has 0 fully saturated rings. The number of phosphoric ester groups is 1. The van der Waals surface area contributed by atoms with Crippen LogP contribution in [0, 0.1) is 0 Å². The van der Waals surface area contributed by atoms with E-state index < -0.39 is 20.0 Å². The number of carbonyl (C=O) groups is 2. The standard InChI is InChI=1S/C75H127N2O7P/c1-7-10-13-16-19-22-25-28-30-32-34-36-37-38-39-41-43-45-47-50-53-56-59-62-65-68-75(79)84-73(66-63-60-57-54-51-48-27-24-21-18-15-12-9-3)72(71-83-85(80,81)82-70-69-77(4,5)6)76-74(78)67-64-61-58-55-52-49-46-44-42-40-35-33-31-29-26-23-20-17-14-11-8-2/h10-11,13-14,19-20,22-23,28-31,34-36,38-40,44,46,52,55,63,66,72-73H,7-9,12,15-18,21,24-27,32-33,37,41-43,45,47-51,53-54,56-62,64-65,67-71H2,1-6H3,(H-,76,78,80,81)/p+1/b13-10-,14-11-,22-19-,23-20-,30-28-,31-29-,36-34-,39-38-,40-35-,46-44-,55-52-,66-63+. The van der Waals surface area contributed by atoms with Crippen LogP contribution in [0.25, 0.3) is 0 Å². The number of unbranched alkanes of at least 4 members (excludes halogenated alkanes) is 22. The van der Waals surface area contributed by atoms with E-state index in [1.165, 1.54) is 89.9 Å². The summed E-state index contributed by atoms with van der Waals surface area (Å²) in [6.07, 6.45) is 91.4. The number of rotatable bonds is 60. The Morgan fingerprint density at radius 2 is 0.753 bits per heavy atom. The molecule has 3 atom stereocenters. The van der Waals surface area contributed by atoms with Crippen LogP contribution in [-0.4, -0.2) is 74.3 Å². The van der Waals surface area contributed by atoms with Gasteiger partial charge >= 0.3 is 13.8 Å². The number of likely N-dealkylation sites (N-methyl/N-ethyl adjacent to an activating group) is 1. The fraction of sp³-hybridized carbons (Fsp3) is 0.653. The van der Waals surface area contributed by atoms with Crippen molar-refractivity contribution in [2.24, 2.45) is 0 Å². The molecule has 0 aromatic rings. The Balaban J connectivity index is 5.26. The van der Waals surface area contributed by atoms with Gasteiger partial charge < -0.3 is 19.4 Å². The second-order valence-electron chi connectivity index (χ2n) is 23.6. The first kappa shape index (κ1) is 80.9. The summed E-state index contributed by atoms with van der Waals surface area (Å²) in [4.78, 5) is 37.9. The smallest absolute Gasteiger partial charge is 0.456 e. The zero-order valence-corrected chi connectivity index (χ0v) is 56.2. The number of quaternary nitrogens is 1. The average Bonchev–Trinajstić information content (AvgIpc) is 3.50. The lowest BCUT2D eigenvalue weighted by atomic mass is 10.0. The van der Waals surface area contributed by atoms with E-state index in [-0.39, 0.29) is 37.9 Å². The topological polar surface area (TPSA) is 111 Å². The Morgan fingerprint density at radius 3 is 1.14 bits per heavy atom. The molecule has 0 rings (SSSR count). The number of allylic oxidation sites excluding steroid dienone is 23. The highest BCUT2D eigenvalue weighted by Crippen LogP contribution is 2.43. The molecule has 0 radical (unpaired) electrons. The minimum atomic E-state index is -4.48. The van der Waals surface area contributed by atoms with E-state index in [9.17, 15) is 19.0 Å². The van der Waals surface area contributed by atoms with Gasteiger partial charge in [-0.1, -0.05) is 270 Å². The molecule has 10 heteroatoms. The largest absolute Gasteiger partial charge is 0.472 e. The maximum Gasteiger partial charge on any atom is 0.472 e. The number of nitrogens with zero attached hydrogens (tertiary/aromatic N) is 1. The van der Waals surface area contributed by atoms with Crippen LogP contribution in [0.15, 0.2) is 146 Å². The quantitative estimate of drug-likeness (QED) is 0.0205. The van der Waals surface area contributed by atoms with Gasteiger partial charge in [0.1, 0.15) is 19.3 Å². The molecule has 0 saturated heterocycles. The van der Waals surface area contributed by atoms with Gasteiger partial charge in [-0.05, 0) is 128 Å². The third-order valence-electron chi connectivity index (χ3n) is 14.3. The van der Waals surface area contributed by atoms with E-state index >= 15 is 0 Å². The fourth-order valence-electron chi connectivity index (χ4n) is 9.09. The van der Waals surface area contributed by atoms with Crippen molar-refractivity contribution in [3.63, 3.8) is 0 Å². The molecule has 0 heterocycles. The molecule has 0 aliphatic rings. The van der Waals surface area contributed by atoms with Gasteiger partial charge in [0.25, 0.3) is 0 Å². The van der Waals surface area contributed by atoms with E-state index in [2.05, 4.69) is 160 Å². The van der Waals surface area contributed by atoms with Crippen LogP contribution < -0.4 is 5.32 Å². The van der Waals surface area contributed by atoms with Crippen LogP contribution in [0.3, 0.4) is 0 Å². The highest BCUT2D eigenvalue weighted by Gasteiger charge is 2.30. The Labute approximate surface area is 523 Å². The Hall–Kier alpha value is -4.11. The van der Waals surface area contributed by atoms with Gasteiger partial charge in [-0.25, -0.2) is 4.57 Å². The third-order valence-corrected chi connectivity index (χ3v) is 15.3. The fourth-order valence-corrected chi connectivity index (χ4v) is 9.82. The first-order valence-electron chi connectivity index (χ1n) is 34.2. The second kappa shape index (κ2) is 62.9. The molecule has 2 N–H and O–H groups in total. The maximum absolute atomic E-state index is 13.6. The number of ether oxygens (including phenoxy) is 1. The Bertz CT molecular complexity index is 1960. The van der Waals surface area contributed by atoms with Crippen molar-refractivity contribution < 1.29 is 37.3 Å². The highest BCUT2D eigenvalue weighted by molar-refractivity contribution is 7.47. The van der Waals surface area contributed by atoms with Crippen LogP contribution in [0.5, 0.6) is 0 Å². The number of phosphoric acid groups is 1. The molecular formula is C75H128N2O7P+. The van der Waals surface area contributed by atoms with Crippen LogP contribution in [0.4, 0.5) is 0 Å². The molecule has 0 aliphatic heterocycles. The molecule has 9 nitrogen and oxygen atoms in total. The van der Waals surface area contributed by atoms with E-state index in [1.54, 1.807) is 0 Å². The second-order valence-corrected chi connectivity index (χ2v) is 25.0. The summed E-state index contributed by atoms with van der Waals surface area (Å²) in [5.41, 5.74) is 0. The number of nitrogens with one attached hydrogen (secondary N) is 1. The number of esters is 1. The lowest BCUT2D eigenvalue weighted by molar-refractivity contribution is -0.870. The zero-order chi connectivity index (χ0) is 62.1.